The van der Waals surface area contributed by atoms with Crippen molar-refractivity contribution in [3.8, 4) is 11.5 Å². The third kappa shape index (κ3) is 12.6. The standard InChI is InChI=1S/C34H53N3O3/c1-9-36-24-31(25-37(36)10-2)35-34(38)30-21-32(39-19-17-28(7)15-11-13-26(3)4)23-33(22-30)40-20-18-29(8)16-12-14-27(5)6/h13-14,17-18,21-23,31H,9-12,15-16,19-20,24-25H2,1-8H3,(H,35,38). The van der Waals surface area contributed by atoms with Gasteiger partial charge in [0, 0.05) is 37.8 Å². The Morgan fingerprint density at radius 1 is 0.775 bits per heavy atom. The number of rotatable bonds is 16. The Balaban J connectivity index is 2.11. The van der Waals surface area contributed by atoms with Gasteiger partial charge in [-0.3, -0.25) is 4.79 Å². The molecule has 1 aromatic carbocycles. The fourth-order valence-corrected chi connectivity index (χ4v) is 4.63. The maximum atomic E-state index is 13.3. The predicted octanol–water partition coefficient (Wildman–Crippen LogP) is 7.50. The molecule has 1 aliphatic heterocycles. The first-order valence-corrected chi connectivity index (χ1v) is 14.9. The van der Waals surface area contributed by atoms with Crippen molar-refractivity contribution >= 4 is 5.91 Å². The number of amides is 1. The first-order chi connectivity index (χ1) is 19.1. The van der Waals surface area contributed by atoms with E-state index >= 15 is 0 Å². The highest BCUT2D eigenvalue weighted by Gasteiger charge is 2.29. The van der Waals surface area contributed by atoms with Gasteiger partial charge < -0.3 is 14.8 Å². The first-order valence-electron chi connectivity index (χ1n) is 14.9. The summed E-state index contributed by atoms with van der Waals surface area (Å²) in [6, 6.07) is 5.60. The number of likely N-dealkylation sites (N-methyl/N-ethyl adjacent to an activating group) is 2. The van der Waals surface area contributed by atoms with Crippen LogP contribution in [0.4, 0.5) is 0 Å². The lowest BCUT2D eigenvalue weighted by Crippen LogP contribution is -2.38. The molecule has 6 nitrogen and oxygen atoms in total. The lowest BCUT2D eigenvalue weighted by atomic mass is 10.1. The summed E-state index contributed by atoms with van der Waals surface area (Å²) in [4.78, 5) is 13.3. The van der Waals surface area contributed by atoms with E-state index in [4.69, 9.17) is 9.47 Å². The largest absolute Gasteiger partial charge is 0.489 e. The number of hydrogen-bond acceptors (Lipinski definition) is 5. The number of benzene rings is 1. The smallest absolute Gasteiger partial charge is 0.251 e. The summed E-state index contributed by atoms with van der Waals surface area (Å²) in [6.45, 7) is 21.5. The van der Waals surface area contributed by atoms with Crippen LogP contribution in [0.25, 0.3) is 0 Å². The van der Waals surface area contributed by atoms with E-state index in [2.05, 4.69) is 95.0 Å². The SMILES string of the molecule is CCN1CC(NC(=O)c2cc(OCC=C(C)CCC=C(C)C)cc(OCC=C(C)CCC=C(C)C)c2)CN1CC. The lowest BCUT2D eigenvalue weighted by Gasteiger charge is -2.24. The molecule has 0 spiro atoms. The minimum atomic E-state index is -0.101. The second kappa shape index (κ2) is 17.8. The van der Waals surface area contributed by atoms with Crippen LogP contribution >= 0.6 is 0 Å². The van der Waals surface area contributed by atoms with Crippen LogP contribution in [0.1, 0.15) is 91.4 Å². The van der Waals surface area contributed by atoms with Crippen molar-refractivity contribution in [2.45, 2.75) is 87.1 Å². The molecule has 1 aliphatic rings. The molecule has 0 saturated carbocycles. The highest BCUT2D eigenvalue weighted by Crippen LogP contribution is 2.24. The van der Waals surface area contributed by atoms with Gasteiger partial charge in [-0.1, -0.05) is 48.3 Å². The lowest BCUT2D eigenvalue weighted by molar-refractivity contribution is 0.0388. The van der Waals surface area contributed by atoms with Crippen LogP contribution in [-0.2, 0) is 0 Å². The van der Waals surface area contributed by atoms with E-state index in [1.807, 2.05) is 18.2 Å². The maximum absolute atomic E-state index is 13.3. The third-order valence-corrected chi connectivity index (χ3v) is 7.02. The zero-order valence-corrected chi connectivity index (χ0v) is 26.3. The van der Waals surface area contributed by atoms with Crippen molar-refractivity contribution in [3.05, 3.63) is 70.4 Å². The molecule has 2 rings (SSSR count). The molecule has 1 saturated heterocycles. The predicted molar refractivity (Wildman–Crippen MR) is 168 cm³/mol. The van der Waals surface area contributed by atoms with Gasteiger partial charge in [0.2, 0.25) is 0 Å². The van der Waals surface area contributed by atoms with Crippen LogP contribution in [0.3, 0.4) is 0 Å². The maximum Gasteiger partial charge on any atom is 0.251 e. The zero-order valence-electron chi connectivity index (χ0n) is 26.3. The molecule has 6 heteroatoms. The fourth-order valence-electron chi connectivity index (χ4n) is 4.63. The molecule has 1 heterocycles. The van der Waals surface area contributed by atoms with Crippen molar-refractivity contribution in [1.29, 1.82) is 0 Å². The summed E-state index contributed by atoms with van der Waals surface area (Å²) in [7, 11) is 0. The quantitative estimate of drug-likeness (QED) is 0.216. The molecule has 0 aliphatic carbocycles. The summed E-state index contributed by atoms with van der Waals surface area (Å²) in [5, 5.41) is 7.80. The van der Waals surface area contributed by atoms with Crippen molar-refractivity contribution in [2.75, 3.05) is 39.4 Å². The van der Waals surface area contributed by atoms with E-state index in [0.717, 1.165) is 51.9 Å². The van der Waals surface area contributed by atoms with Gasteiger partial charge in [-0.15, -0.1) is 0 Å². The molecule has 222 valence electrons. The molecule has 0 radical (unpaired) electrons. The Hall–Kier alpha value is -2.83. The Bertz CT molecular complexity index is 990. The summed E-state index contributed by atoms with van der Waals surface area (Å²) >= 11 is 0. The number of hydrogen-bond donors (Lipinski definition) is 1. The number of nitrogens with one attached hydrogen (secondary N) is 1. The summed E-state index contributed by atoms with van der Waals surface area (Å²) < 4.78 is 12.2. The van der Waals surface area contributed by atoms with Gasteiger partial charge in [0.05, 0.1) is 6.04 Å². The topological polar surface area (TPSA) is 54.0 Å². The molecule has 1 fully saturated rings. The van der Waals surface area contributed by atoms with E-state index in [0.29, 0.717) is 30.3 Å². The monoisotopic (exact) mass is 551 g/mol. The molecule has 0 bridgehead atoms. The third-order valence-electron chi connectivity index (χ3n) is 7.02. The van der Waals surface area contributed by atoms with Gasteiger partial charge in [-0.2, -0.15) is 0 Å². The number of ether oxygens (including phenoxy) is 2. The number of carbonyl (C=O) groups is 1. The van der Waals surface area contributed by atoms with Crippen LogP contribution < -0.4 is 14.8 Å². The molecule has 0 unspecified atom stereocenters. The van der Waals surface area contributed by atoms with Crippen molar-refractivity contribution < 1.29 is 14.3 Å². The molecule has 40 heavy (non-hydrogen) atoms. The second-order valence-electron chi connectivity index (χ2n) is 11.2. The minimum absolute atomic E-state index is 0.0825. The van der Waals surface area contributed by atoms with Gasteiger partial charge >= 0.3 is 0 Å². The minimum Gasteiger partial charge on any atom is -0.489 e. The normalized spacial score (nSPS) is 15.2. The van der Waals surface area contributed by atoms with Gasteiger partial charge in [0.25, 0.3) is 5.91 Å². The van der Waals surface area contributed by atoms with Crippen molar-refractivity contribution in [2.24, 2.45) is 0 Å². The molecule has 1 N–H and O–H groups in total. The Morgan fingerprint density at radius 2 is 1.23 bits per heavy atom. The van der Waals surface area contributed by atoms with E-state index in [9.17, 15) is 4.79 Å². The molecular weight excluding hydrogens is 498 g/mol. The number of carbonyl (C=O) groups excluding carboxylic acids is 1. The van der Waals surface area contributed by atoms with Crippen LogP contribution in [-0.4, -0.2) is 61.4 Å². The van der Waals surface area contributed by atoms with Crippen LogP contribution in [0.2, 0.25) is 0 Å². The summed E-state index contributed by atoms with van der Waals surface area (Å²) in [5.41, 5.74) is 5.82. The van der Waals surface area contributed by atoms with Gasteiger partial charge in [0.15, 0.2) is 0 Å². The zero-order chi connectivity index (χ0) is 29.5. The van der Waals surface area contributed by atoms with E-state index in [-0.39, 0.29) is 11.9 Å². The fraction of sp³-hybridized carbons (Fsp3) is 0.559. The Morgan fingerprint density at radius 3 is 1.62 bits per heavy atom. The molecular formula is C34H53N3O3. The van der Waals surface area contributed by atoms with Crippen molar-refractivity contribution in [1.82, 2.24) is 15.3 Å². The molecule has 1 amide bonds. The number of allylic oxidation sites excluding steroid dienone is 6. The summed E-state index contributed by atoms with van der Waals surface area (Å²) in [6.07, 6.45) is 12.8. The van der Waals surface area contributed by atoms with Crippen LogP contribution in [0.5, 0.6) is 11.5 Å². The summed E-state index contributed by atoms with van der Waals surface area (Å²) in [5.74, 6) is 1.17. The van der Waals surface area contributed by atoms with Crippen LogP contribution in [0, 0.1) is 0 Å². The van der Waals surface area contributed by atoms with Gasteiger partial charge in [-0.25, -0.2) is 10.0 Å². The number of hydrazine groups is 1. The van der Waals surface area contributed by atoms with E-state index < -0.39 is 0 Å². The van der Waals surface area contributed by atoms with Crippen LogP contribution in [0.15, 0.2) is 64.8 Å². The first kappa shape index (κ1) is 33.4. The van der Waals surface area contributed by atoms with Crippen molar-refractivity contribution in [3.63, 3.8) is 0 Å². The highest BCUT2D eigenvalue weighted by atomic mass is 16.5. The van der Waals surface area contributed by atoms with Gasteiger partial charge in [-0.05, 0) is 91.5 Å². The molecule has 0 aromatic heterocycles. The van der Waals surface area contributed by atoms with E-state index in [1.165, 1.54) is 22.3 Å². The highest BCUT2D eigenvalue weighted by molar-refractivity contribution is 5.95. The Labute approximate surface area is 243 Å². The molecule has 0 atom stereocenters. The second-order valence-corrected chi connectivity index (χ2v) is 11.2. The molecule has 1 aromatic rings. The number of nitrogens with zero attached hydrogens (tertiary/aromatic N) is 2. The average Bonchev–Trinajstić information content (AvgIpc) is 3.30. The van der Waals surface area contributed by atoms with Gasteiger partial charge in [0.1, 0.15) is 24.7 Å². The van der Waals surface area contributed by atoms with E-state index in [1.54, 1.807) is 0 Å². The Kier molecular flexibility index (Phi) is 14.8. The average molecular weight is 552 g/mol.